The maximum absolute atomic E-state index is 10.5. The van der Waals surface area contributed by atoms with Gasteiger partial charge in [-0.2, -0.15) is 0 Å². The molecule has 0 aromatic heterocycles. The maximum atomic E-state index is 10.5. The second-order valence-electron chi connectivity index (χ2n) is 7.80. The molecule has 1 heterocycles. The van der Waals surface area contributed by atoms with E-state index in [1.807, 2.05) is 0 Å². The lowest BCUT2D eigenvalue weighted by Gasteiger charge is -2.32. The molecule has 1 saturated heterocycles. The van der Waals surface area contributed by atoms with Gasteiger partial charge in [-0.15, -0.1) is 0 Å². The van der Waals surface area contributed by atoms with Crippen LogP contribution in [0, 0.1) is 0 Å². The van der Waals surface area contributed by atoms with Gasteiger partial charge in [0.1, 0.15) is 11.2 Å². The quantitative estimate of drug-likeness (QED) is 0.600. The van der Waals surface area contributed by atoms with Gasteiger partial charge in [-0.1, -0.05) is 34.9 Å². The zero-order chi connectivity index (χ0) is 18.2. The van der Waals surface area contributed by atoms with Crippen LogP contribution in [-0.2, 0) is 4.74 Å². The SMILES string of the molecule is CC(C)=CCCC(C)=CCCC(C)=CCC[C@@]1(O)COC[C@]1(C)O. The molecular weight excluding hydrogens is 300 g/mol. The normalized spacial score (nSPS) is 28.3. The maximum Gasteiger partial charge on any atom is 0.119 e. The highest BCUT2D eigenvalue weighted by molar-refractivity contribution is 5.07. The number of aliphatic hydroxyl groups is 2. The van der Waals surface area contributed by atoms with Crippen molar-refractivity contribution in [3.63, 3.8) is 0 Å². The number of allylic oxidation sites excluding steroid dienone is 6. The molecular formula is C21H36O3. The molecule has 0 aromatic rings. The monoisotopic (exact) mass is 336 g/mol. The van der Waals surface area contributed by atoms with Gasteiger partial charge in [-0.3, -0.25) is 0 Å². The molecule has 138 valence electrons. The third kappa shape index (κ3) is 6.92. The third-order valence-electron chi connectivity index (χ3n) is 4.90. The summed E-state index contributed by atoms with van der Waals surface area (Å²) in [6, 6.07) is 0. The molecule has 24 heavy (non-hydrogen) atoms. The number of rotatable bonds is 9. The van der Waals surface area contributed by atoms with Crippen molar-refractivity contribution in [2.75, 3.05) is 13.2 Å². The highest BCUT2D eigenvalue weighted by atomic mass is 16.5. The van der Waals surface area contributed by atoms with Crippen LogP contribution in [0.4, 0.5) is 0 Å². The van der Waals surface area contributed by atoms with Crippen molar-refractivity contribution in [2.24, 2.45) is 0 Å². The Labute approximate surface area is 148 Å². The number of hydrogen-bond donors (Lipinski definition) is 2. The predicted octanol–water partition coefficient (Wildman–Crippen LogP) is 4.70. The Morgan fingerprint density at radius 1 is 0.875 bits per heavy atom. The highest BCUT2D eigenvalue weighted by Crippen LogP contribution is 2.33. The molecule has 3 nitrogen and oxygen atoms in total. The summed E-state index contributed by atoms with van der Waals surface area (Å²) in [5.74, 6) is 0. The Bertz CT molecular complexity index is 481. The van der Waals surface area contributed by atoms with Gasteiger partial charge in [0.15, 0.2) is 0 Å². The fourth-order valence-corrected chi connectivity index (χ4v) is 2.95. The first kappa shape index (κ1) is 21.1. The molecule has 0 spiro atoms. The van der Waals surface area contributed by atoms with Gasteiger partial charge < -0.3 is 14.9 Å². The smallest absolute Gasteiger partial charge is 0.119 e. The molecule has 1 aliphatic rings. The first-order valence-electron chi connectivity index (χ1n) is 9.13. The molecule has 0 radical (unpaired) electrons. The number of ether oxygens (including phenoxy) is 1. The number of hydrogen-bond acceptors (Lipinski definition) is 3. The zero-order valence-electron chi connectivity index (χ0n) is 16.2. The molecule has 0 aliphatic carbocycles. The van der Waals surface area contributed by atoms with Crippen molar-refractivity contribution in [1.29, 1.82) is 0 Å². The topological polar surface area (TPSA) is 49.7 Å². The van der Waals surface area contributed by atoms with Crippen LogP contribution in [0.15, 0.2) is 34.9 Å². The summed E-state index contributed by atoms with van der Waals surface area (Å²) < 4.78 is 5.24. The van der Waals surface area contributed by atoms with Crippen molar-refractivity contribution in [3.8, 4) is 0 Å². The molecule has 0 aromatic carbocycles. The van der Waals surface area contributed by atoms with Gasteiger partial charge >= 0.3 is 0 Å². The molecule has 0 saturated carbocycles. The van der Waals surface area contributed by atoms with Crippen LogP contribution in [0.25, 0.3) is 0 Å². The van der Waals surface area contributed by atoms with Gasteiger partial charge in [0.2, 0.25) is 0 Å². The molecule has 1 fully saturated rings. The Morgan fingerprint density at radius 2 is 1.42 bits per heavy atom. The summed E-state index contributed by atoms with van der Waals surface area (Å²) in [4.78, 5) is 0. The van der Waals surface area contributed by atoms with E-state index < -0.39 is 11.2 Å². The summed E-state index contributed by atoms with van der Waals surface area (Å²) in [6.45, 7) is 10.7. The largest absolute Gasteiger partial charge is 0.385 e. The van der Waals surface area contributed by atoms with E-state index in [9.17, 15) is 10.2 Å². The summed E-state index contributed by atoms with van der Waals surface area (Å²) in [5, 5.41) is 20.7. The van der Waals surface area contributed by atoms with Crippen molar-refractivity contribution in [1.82, 2.24) is 0 Å². The van der Waals surface area contributed by atoms with Crippen molar-refractivity contribution < 1.29 is 14.9 Å². The van der Waals surface area contributed by atoms with Gasteiger partial charge in [0.05, 0.1) is 13.2 Å². The molecule has 0 unspecified atom stereocenters. The van der Waals surface area contributed by atoms with Crippen molar-refractivity contribution in [3.05, 3.63) is 34.9 Å². The van der Waals surface area contributed by atoms with Gasteiger partial charge in [-0.05, 0) is 73.1 Å². The first-order valence-corrected chi connectivity index (χ1v) is 9.13. The summed E-state index contributed by atoms with van der Waals surface area (Å²) in [6.07, 6.45) is 12.5. The molecule has 2 atom stereocenters. The Kier molecular flexibility index (Phi) is 8.41. The fourth-order valence-electron chi connectivity index (χ4n) is 2.95. The van der Waals surface area contributed by atoms with E-state index in [2.05, 4.69) is 45.9 Å². The minimum absolute atomic E-state index is 0.211. The van der Waals surface area contributed by atoms with Crippen molar-refractivity contribution >= 4 is 0 Å². The molecule has 1 rings (SSSR count). The lowest BCUT2D eigenvalue weighted by Crippen LogP contribution is -2.51. The fraction of sp³-hybridized carbons (Fsp3) is 0.714. The van der Waals surface area contributed by atoms with E-state index in [4.69, 9.17) is 4.74 Å². The minimum atomic E-state index is -1.14. The average molecular weight is 337 g/mol. The average Bonchev–Trinajstić information content (AvgIpc) is 2.72. The van der Waals surface area contributed by atoms with Crippen LogP contribution in [-0.4, -0.2) is 34.6 Å². The standard InChI is InChI=1S/C21H36O3/c1-17(2)9-6-10-18(3)11-7-12-19(4)13-8-14-21(23)16-24-15-20(21,5)22/h9,11,13,22-23H,6-8,10,12,14-16H2,1-5H3/t20-,21+/m0/s1. The van der Waals surface area contributed by atoms with Gasteiger partial charge in [-0.25, -0.2) is 0 Å². The van der Waals surface area contributed by atoms with E-state index in [0.717, 1.165) is 32.1 Å². The second kappa shape index (κ2) is 9.55. The lowest BCUT2D eigenvalue weighted by molar-refractivity contribution is -0.109. The Balaban J connectivity index is 2.31. The van der Waals surface area contributed by atoms with Crippen LogP contribution >= 0.6 is 0 Å². The van der Waals surface area contributed by atoms with E-state index in [-0.39, 0.29) is 13.2 Å². The molecule has 1 aliphatic heterocycles. The molecule has 2 N–H and O–H groups in total. The van der Waals surface area contributed by atoms with Crippen molar-refractivity contribution in [2.45, 2.75) is 84.3 Å². The zero-order valence-corrected chi connectivity index (χ0v) is 16.2. The van der Waals surface area contributed by atoms with E-state index in [1.54, 1.807) is 6.92 Å². The highest BCUT2D eigenvalue weighted by Gasteiger charge is 2.50. The summed E-state index contributed by atoms with van der Waals surface area (Å²) in [5.41, 5.74) is 1.92. The summed E-state index contributed by atoms with van der Waals surface area (Å²) in [7, 11) is 0. The summed E-state index contributed by atoms with van der Waals surface area (Å²) >= 11 is 0. The molecule has 0 bridgehead atoms. The van der Waals surface area contributed by atoms with Gasteiger partial charge in [0, 0.05) is 0 Å². The van der Waals surface area contributed by atoms with E-state index in [0.29, 0.717) is 6.42 Å². The van der Waals surface area contributed by atoms with Gasteiger partial charge in [0.25, 0.3) is 0 Å². The van der Waals surface area contributed by atoms with Crippen LogP contribution in [0.3, 0.4) is 0 Å². The third-order valence-corrected chi connectivity index (χ3v) is 4.90. The van der Waals surface area contributed by atoms with E-state index >= 15 is 0 Å². The Morgan fingerprint density at radius 3 is 1.92 bits per heavy atom. The molecule has 0 amide bonds. The predicted molar refractivity (Wildman–Crippen MR) is 101 cm³/mol. The van der Waals surface area contributed by atoms with Crippen LogP contribution in [0.5, 0.6) is 0 Å². The van der Waals surface area contributed by atoms with Crippen LogP contribution in [0.1, 0.15) is 73.1 Å². The lowest BCUT2D eigenvalue weighted by atomic mass is 9.83. The molecule has 3 heteroatoms. The Hall–Kier alpha value is -0.900. The minimum Gasteiger partial charge on any atom is -0.385 e. The first-order chi connectivity index (χ1) is 11.2. The van der Waals surface area contributed by atoms with Crippen LogP contribution in [0.2, 0.25) is 0 Å². The van der Waals surface area contributed by atoms with Crippen LogP contribution < -0.4 is 0 Å². The second-order valence-corrected chi connectivity index (χ2v) is 7.80. The van der Waals surface area contributed by atoms with E-state index in [1.165, 1.54) is 16.7 Å².